The summed E-state index contributed by atoms with van der Waals surface area (Å²) in [5, 5.41) is 15.6. The molecule has 1 aliphatic rings. The molecule has 1 amide bonds. The quantitative estimate of drug-likeness (QED) is 0.597. The first-order valence-electron chi connectivity index (χ1n) is 9.11. The molecule has 0 saturated heterocycles. The summed E-state index contributed by atoms with van der Waals surface area (Å²) in [5.41, 5.74) is 2.22. The van der Waals surface area contributed by atoms with Gasteiger partial charge < -0.3 is 15.7 Å². The van der Waals surface area contributed by atoms with Crippen molar-refractivity contribution < 1.29 is 23.1 Å². The SMILES string of the molecule is CS(=O)(=O)c1cccc(CC(NC(=O)c2c(Cl)cc3c(c2Cl)CCNC3)C(=O)O)c1. The van der Waals surface area contributed by atoms with Crippen LogP contribution in [0, 0.1) is 0 Å². The lowest BCUT2D eigenvalue weighted by atomic mass is 9.97. The molecular weight excluding hydrogens is 451 g/mol. The third-order valence-corrected chi connectivity index (χ3v) is 6.70. The average molecular weight is 471 g/mol. The molecule has 2 aromatic rings. The second-order valence-electron chi connectivity index (χ2n) is 7.10. The number of nitrogens with one attached hydrogen (secondary N) is 2. The van der Waals surface area contributed by atoms with E-state index >= 15 is 0 Å². The van der Waals surface area contributed by atoms with Crippen LogP contribution in [-0.4, -0.2) is 44.2 Å². The number of rotatable bonds is 6. The Labute approximate surface area is 184 Å². The van der Waals surface area contributed by atoms with Crippen molar-refractivity contribution in [3.63, 3.8) is 0 Å². The van der Waals surface area contributed by atoms with Crippen LogP contribution in [0.3, 0.4) is 0 Å². The number of hydrogen-bond donors (Lipinski definition) is 3. The zero-order valence-corrected chi connectivity index (χ0v) is 18.4. The number of fused-ring (bicyclic) bond motifs is 1. The van der Waals surface area contributed by atoms with Crippen LogP contribution in [0.15, 0.2) is 35.2 Å². The van der Waals surface area contributed by atoms with Crippen molar-refractivity contribution in [2.75, 3.05) is 12.8 Å². The molecule has 0 spiro atoms. The monoisotopic (exact) mass is 470 g/mol. The Kier molecular flexibility index (Phi) is 6.71. The Morgan fingerprint density at radius 3 is 2.67 bits per heavy atom. The number of aliphatic carboxylic acids is 1. The van der Waals surface area contributed by atoms with E-state index in [4.69, 9.17) is 23.2 Å². The van der Waals surface area contributed by atoms with Crippen LogP contribution >= 0.6 is 23.2 Å². The van der Waals surface area contributed by atoms with Gasteiger partial charge in [-0.3, -0.25) is 4.79 Å². The number of halogens is 2. The smallest absolute Gasteiger partial charge is 0.326 e. The normalized spacial score (nSPS) is 14.6. The number of benzene rings is 2. The lowest BCUT2D eigenvalue weighted by Crippen LogP contribution is -2.42. The predicted octanol–water partition coefficient (Wildman–Crippen LogP) is 2.47. The molecule has 0 aliphatic carbocycles. The molecular formula is C20H20Cl2N2O5S. The maximum absolute atomic E-state index is 12.8. The summed E-state index contributed by atoms with van der Waals surface area (Å²) in [7, 11) is -3.44. The minimum absolute atomic E-state index is 0.0371. The number of carbonyl (C=O) groups is 2. The third-order valence-electron chi connectivity index (χ3n) is 4.88. The number of carboxylic acids is 1. The van der Waals surface area contributed by atoms with E-state index in [0.29, 0.717) is 25.1 Å². The van der Waals surface area contributed by atoms with Crippen LogP contribution in [0.5, 0.6) is 0 Å². The summed E-state index contributed by atoms with van der Waals surface area (Å²) in [6, 6.07) is 6.31. The first-order valence-corrected chi connectivity index (χ1v) is 11.8. The van der Waals surface area contributed by atoms with E-state index < -0.39 is 27.8 Å². The van der Waals surface area contributed by atoms with Crippen molar-refractivity contribution in [3.8, 4) is 0 Å². The highest BCUT2D eigenvalue weighted by atomic mass is 35.5. The third kappa shape index (κ3) is 4.95. The van der Waals surface area contributed by atoms with E-state index in [1.165, 1.54) is 18.2 Å². The van der Waals surface area contributed by atoms with E-state index in [0.717, 1.165) is 17.4 Å². The molecule has 0 fully saturated rings. The number of hydrogen-bond acceptors (Lipinski definition) is 5. The van der Waals surface area contributed by atoms with Gasteiger partial charge in [0.05, 0.1) is 20.5 Å². The highest BCUT2D eigenvalue weighted by molar-refractivity contribution is 7.90. The molecule has 3 N–H and O–H groups in total. The number of carbonyl (C=O) groups excluding carboxylic acids is 1. The maximum atomic E-state index is 12.8. The van der Waals surface area contributed by atoms with Crippen molar-refractivity contribution >= 4 is 44.9 Å². The highest BCUT2D eigenvalue weighted by Gasteiger charge is 2.27. The van der Waals surface area contributed by atoms with E-state index in [-0.39, 0.29) is 26.9 Å². The molecule has 0 aromatic heterocycles. The van der Waals surface area contributed by atoms with Crippen molar-refractivity contribution in [3.05, 3.63) is 62.6 Å². The molecule has 2 aromatic carbocycles. The molecule has 1 atom stereocenters. The fourth-order valence-corrected chi connectivity index (χ4v) is 4.81. The van der Waals surface area contributed by atoms with Gasteiger partial charge in [0.1, 0.15) is 6.04 Å². The fraction of sp³-hybridized carbons (Fsp3) is 0.300. The molecule has 30 heavy (non-hydrogen) atoms. The molecule has 1 heterocycles. The van der Waals surface area contributed by atoms with Crippen LogP contribution < -0.4 is 10.6 Å². The lowest BCUT2D eigenvalue weighted by Gasteiger charge is -2.22. The molecule has 10 heteroatoms. The predicted molar refractivity (Wildman–Crippen MR) is 114 cm³/mol. The van der Waals surface area contributed by atoms with Crippen LogP contribution in [0.2, 0.25) is 10.0 Å². The topological polar surface area (TPSA) is 113 Å². The van der Waals surface area contributed by atoms with Gasteiger partial charge in [0.25, 0.3) is 5.91 Å². The molecule has 0 saturated carbocycles. The Bertz CT molecular complexity index is 1120. The molecule has 7 nitrogen and oxygen atoms in total. The van der Waals surface area contributed by atoms with Crippen molar-refractivity contribution in [1.82, 2.24) is 10.6 Å². The summed E-state index contributed by atoms with van der Waals surface area (Å²) >= 11 is 12.7. The van der Waals surface area contributed by atoms with Gasteiger partial charge in [-0.05, 0) is 47.9 Å². The van der Waals surface area contributed by atoms with Crippen LogP contribution in [0.25, 0.3) is 0 Å². The van der Waals surface area contributed by atoms with Gasteiger partial charge >= 0.3 is 5.97 Å². The van der Waals surface area contributed by atoms with Crippen LogP contribution in [-0.2, 0) is 34.0 Å². The minimum atomic E-state index is -3.44. The number of sulfone groups is 1. The second kappa shape index (κ2) is 8.93. The van der Waals surface area contributed by atoms with Crippen LogP contribution in [0.1, 0.15) is 27.0 Å². The van der Waals surface area contributed by atoms with Crippen molar-refractivity contribution in [2.24, 2.45) is 0 Å². The van der Waals surface area contributed by atoms with Gasteiger partial charge in [-0.15, -0.1) is 0 Å². The summed E-state index contributed by atoms with van der Waals surface area (Å²) in [5.74, 6) is -1.96. The van der Waals surface area contributed by atoms with Gasteiger partial charge in [-0.1, -0.05) is 35.3 Å². The Balaban J connectivity index is 1.86. The lowest BCUT2D eigenvalue weighted by molar-refractivity contribution is -0.139. The number of carboxylic acid groups (broad SMARTS) is 1. The summed E-state index contributed by atoms with van der Waals surface area (Å²) in [4.78, 5) is 24.7. The average Bonchev–Trinajstić information content (AvgIpc) is 2.67. The summed E-state index contributed by atoms with van der Waals surface area (Å²) in [6.07, 6.45) is 1.60. The van der Waals surface area contributed by atoms with Gasteiger partial charge in [-0.2, -0.15) is 0 Å². The van der Waals surface area contributed by atoms with E-state index in [1.807, 2.05) is 0 Å². The molecule has 3 rings (SSSR count). The fourth-order valence-electron chi connectivity index (χ4n) is 3.35. The minimum Gasteiger partial charge on any atom is -0.480 e. The highest BCUT2D eigenvalue weighted by Crippen LogP contribution is 2.33. The van der Waals surface area contributed by atoms with E-state index in [1.54, 1.807) is 12.1 Å². The summed E-state index contributed by atoms with van der Waals surface area (Å²) < 4.78 is 23.5. The van der Waals surface area contributed by atoms with Gasteiger partial charge in [0, 0.05) is 19.2 Å². The maximum Gasteiger partial charge on any atom is 0.326 e. The molecule has 1 unspecified atom stereocenters. The first-order chi connectivity index (χ1) is 14.1. The van der Waals surface area contributed by atoms with Gasteiger partial charge in [0.15, 0.2) is 9.84 Å². The van der Waals surface area contributed by atoms with E-state index in [9.17, 15) is 23.1 Å². The zero-order valence-electron chi connectivity index (χ0n) is 16.0. The Hall–Kier alpha value is -2.13. The summed E-state index contributed by atoms with van der Waals surface area (Å²) in [6.45, 7) is 1.30. The molecule has 1 aliphatic heterocycles. The van der Waals surface area contributed by atoms with Crippen molar-refractivity contribution in [1.29, 1.82) is 0 Å². The second-order valence-corrected chi connectivity index (χ2v) is 9.90. The van der Waals surface area contributed by atoms with E-state index in [2.05, 4.69) is 10.6 Å². The van der Waals surface area contributed by atoms with Gasteiger partial charge in [0.2, 0.25) is 0 Å². The van der Waals surface area contributed by atoms with Gasteiger partial charge in [-0.25, -0.2) is 13.2 Å². The standard InChI is InChI=1S/C20H20Cl2N2O5S/c1-30(28,29)13-4-2-3-11(7-13)8-16(20(26)27)24-19(25)17-15(21)9-12-10-23-6-5-14(12)18(17)22/h2-4,7,9,16,23H,5-6,8,10H2,1H3,(H,24,25)(H,26,27). The zero-order chi connectivity index (χ0) is 22.1. The first kappa shape index (κ1) is 22.6. The van der Waals surface area contributed by atoms with Crippen LogP contribution in [0.4, 0.5) is 0 Å². The Morgan fingerprint density at radius 2 is 2.00 bits per heavy atom. The Morgan fingerprint density at radius 1 is 1.27 bits per heavy atom. The van der Waals surface area contributed by atoms with Crippen molar-refractivity contribution in [2.45, 2.75) is 30.3 Å². The number of amides is 1. The largest absolute Gasteiger partial charge is 0.480 e. The molecule has 0 radical (unpaired) electrons. The molecule has 160 valence electrons. The molecule has 0 bridgehead atoms.